The van der Waals surface area contributed by atoms with E-state index in [9.17, 15) is 5.11 Å². The molecule has 3 aliphatic rings. The molecule has 62 valence electrons. The van der Waals surface area contributed by atoms with Crippen molar-refractivity contribution in [2.45, 2.75) is 31.3 Å². The van der Waals surface area contributed by atoms with E-state index in [1.807, 2.05) is 0 Å². The average Bonchev–Trinajstić information content (AvgIpc) is 2.60. The van der Waals surface area contributed by atoms with Gasteiger partial charge in [-0.1, -0.05) is 0 Å². The van der Waals surface area contributed by atoms with Crippen LogP contribution in [0.4, 0.5) is 0 Å². The molecule has 0 amide bonds. The standard InChI is InChI=1S/C8H12O3/c9-8-7-4(3-10-8)5-1-2-6(7)11-5/h4-9H,1-3H2/t4-,5-,6+,7-,8?/m1/s1. The van der Waals surface area contributed by atoms with Crippen LogP contribution >= 0.6 is 0 Å². The molecule has 0 saturated carbocycles. The van der Waals surface area contributed by atoms with E-state index in [4.69, 9.17) is 9.47 Å². The van der Waals surface area contributed by atoms with Gasteiger partial charge in [-0.05, 0) is 12.8 Å². The Morgan fingerprint density at radius 2 is 2.00 bits per heavy atom. The van der Waals surface area contributed by atoms with E-state index in [0.717, 1.165) is 6.42 Å². The van der Waals surface area contributed by atoms with Gasteiger partial charge in [0.25, 0.3) is 0 Å². The van der Waals surface area contributed by atoms with Gasteiger partial charge >= 0.3 is 0 Å². The van der Waals surface area contributed by atoms with Gasteiger partial charge in [0.1, 0.15) is 0 Å². The topological polar surface area (TPSA) is 38.7 Å². The Morgan fingerprint density at radius 1 is 1.18 bits per heavy atom. The lowest BCUT2D eigenvalue weighted by Crippen LogP contribution is -2.30. The first-order chi connectivity index (χ1) is 5.36. The fraction of sp³-hybridized carbons (Fsp3) is 1.00. The van der Waals surface area contributed by atoms with Crippen LogP contribution in [0.3, 0.4) is 0 Å². The molecule has 0 aromatic heterocycles. The van der Waals surface area contributed by atoms with Gasteiger partial charge in [0, 0.05) is 11.8 Å². The molecular formula is C8H12O3. The Kier molecular flexibility index (Phi) is 1.15. The van der Waals surface area contributed by atoms with Gasteiger partial charge in [-0.25, -0.2) is 0 Å². The van der Waals surface area contributed by atoms with Crippen molar-refractivity contribution in [3.05, 3.63) is 0 Å². The maximum Gasteiger partial charge on any atom is 0.160 e. The zero-order chi connectivity index (χ0) is 7.42. The second kappa shape index (κ2) is 1.97. The van der Waals surface area contributed by atoms with E-state index in [2.05, 4.69) is 0 Å². The fourth-order valence-electron chi connectivity index (χ4n) is 2.75. The van der Waals surface area contributed by atoms with E-state index in [-0.39, 0.29) is 5.92 Å². The lowest BCUT2D eigenvalue weighted by molar-refractivity contribution is -0.105. The first-order valence-corrected chi connectivity index (χ1v) is 4.31. The van der Waals surface area contributed by atoms with Crippen LogP contribution < -0.4 is 0 Å². The van der Waals surface area contributed by atoms with Crippen molar-refractivity contribution in [2.24, 2.45) is 11.8 Å². The number of ether oxygens (including phenoxy) is 2. The summed E-state index contributed by atoms with van der Waals surface area (Å²) in [5.41, 5.74) is 0. The summed E-state index contributed by atoms with van der Waals surface area (Å²) in [6.45, 7) is 0.701. The Bertz CT molecular complexity index is 182. The summed E-state index contributed by atoms with van der Waals surface area (Å²) in [4.78, 5) is 0. The molecule has 0 spiro atoms. The van der Waals surface area contributed by atoms with Gasteiger partial charge in [0.15, 0.2) is 6.29 Å². The highest BCUT2D eigenvalue weighted by Crippen LogP contribution is 2.48. The van der Waals surface area contributed by atoms with Crippen molar-refractivity contribution in [3.63, 3.8) is 0 Å². The van der Waals surface area contributed by atoms with Crippen molar-refractivity contribution < 1.29 is 14.6 Å². The number of rotatable bonds is 0. The highest BCUT2D eigenvalue weighted by molar-refractivity contribution is 4.99. The summed E-state index contributed by atoms with van der Waals surface area (Å²) in [5, 5.41) is 9.42. The van der Waals surface area contributed by atoms with Gasteiger partial charge in [-0.3, -0.25) is 0 Å². The molecule has 3 rings (SSSR count). The van der Waals surface area contributed by atoms with Gasteiger partial charge in [0.2, 0.25) is 0 Å². The van der Waals surface area contributed by atoms with Gasteiger partial charge in [-0.2, -0.15) is 0 Å². The molecule has 0 aromatic carbocycles. The summed E-state index contributed by atoms with van der Waals surface area (Å²) >= 11 is 0. The lowest BCUT2D eigenvalue weighted by Gasteiger charge is -2.19. The Balaban J connectivity index is 1.91. The normalized spacial score (nSPS) is 60.3. The van der Waals surface area contributed by atoms with Crippen LogP contribution in [0.1, 0.15) is 12.8 Å². The second-order valence-corrected chi connectivity index (χ2v) is 3.76. The van der Waals surface area contributed by atoms with Crippen LogP contribution in [0, 0.1) is 11.8 Å². The van der Waals surface area contributed by atoms with Crippen LogP contribution in [0.5, 0.6) is 0 Å². The monoisotopic (exact) mass is 156 g/mol. The zero-order valence-electron chi connectivity index (χ0n) is 6.27. The van der Waals surface area contributed by atoms with E-state index in [1.165, 1.54) is 6.42 Å². The molecular weight excluding hydrogens is 144 g/mol. The predicted octanol–water partition coefficient (Wildman–Crippen LogP) is 0.129. The van der Waals surface area contributed by atoms with Crippen LogP contribution in [0.25, 0.3) is 0 Å². The lowest BCUT2D eigenvalue weighted by atomic mass is 9.81. The quantitative estimate of drug-likeness (QED) is 0.541. The first-order valence-electron chi connectivity index (χ1n) is 4.31. The van der Waals surface area contributed by atoms with E-state index >= 15 is 0 Å². The minimum atomic E-state index is -0.546. The molecule has 0 aromatic rings. The third-order valence-corrected chi connectivity index (χ3v) is 3.28. The molecule has 3 heteroatoms. The molecule has 1 N–H and O–H groups in total. The minimum absolute atomic E-state index is 0.286. The van der Waals surface area contributed by atoms with Crippen molar-refractivity contribution in [2.75, 3.05) is 6.61 Å². The highest BCUT2D eigenvalue weighted by Gasteiger charge is 2.55. The maximum absolute atomic E-state index is 9.42. The molecule has 3 nitrogen and oxygen atoms in total. The minimum Gasteiger partial charge on any atom is -0.374 e. The molecule has 3 saturated heterocycles. The first kappa shape index (κ1) is 6.40. The van der Waals surface area contributed by atoms with Gasteiger partial charge in [0.05, 0.1) is 18.8 Å². The van der Waals surface area contributed by atoms with Crippen molar-refractivity contribution in [1.82, 2.24) is 0 Å². The van der Waals surface area contributed by atoms with Gasteiger partial charge < -0.3 is 14.6 Å². The summed E-state index contributed by atoms with van der Waals surface area (Å²) in [6, 6.07) is 0. The number of aliphatic hydroxyl groups excluding tert-OH is 1. The fourth-order valence-corrected chi connectivity index (χ4v) is 2.75. The second-order valence-electron chi connectivity index (χ2n) is 3.76. The van der Waals surface area contributed by atoms with E-state index in [1.54, 1.807) is 0 Å². The molecule has 3 aliphatic heterocycles. The third-order valence-electron chi connectivity index (χ3n) is 3.28. The summed E-state index contributed by atoms with van der Waals surface area (Å²) < 4.78 is 10.8. The van der Waals surface area contributed by atoms with Crippen molar-refractivity contribution in [3.8, 4) is 0 Å². The average molecular weight is 156 g/mol. The van der Waals surface area contributed by atoms with Gasteiger partial charge in [-0.15, -0.1) is 0 Å². The smallest absolute Gasteiger partial charge is 0.160 e. The van der Waals surface area contributed by atoms with Crippen LogP contribution in [0.2, 0.25) is 0 Å². The molecule has 3 fully saturated rings. The zero-order valence-corrected chi connectivity index (χ0v) is 6.27. The van der Waals surface area contributed by atoms with E-state index < -0.39 is 6.29 Å². The summed E-state index contributed by atoms with van der Waals surface area (Å²) in [7, 11) is 0. The number of hydrogen-bond acceptors (Lipinski definition) is 3. The van der Waals surface area contributed by atoms with Crippen molar-refractivity contribution in [1.29, 1.82) is 0 Å². The highest BCUT2D eigenvalue weighted by atomic mass is 16.6. The van der Waals surface area contributed by atoms with Crippen LogP contribution in [-0.4, -0.2) is 30.2 Å². The maximum atomic E-state index is 9.42. The number of hydrogen-bond donors (Lipinski definition) is 1. The SMILES string of the molecule is OC1OC[C@H]2[C@@H]1[C@@H]1CC[C@H]2O1. The molecule has 0 radical (unpaired) electrons. The number of fused-ring (bicyclic) bond motifs is 5. The molecule has 1 unspecified atom stereocenters. The van der Waals surface area contributed by atoms with Crippen LogP contribution in [0.15, 0.2) is 0 Å². The molecule has 5 atom stereocenters. The number of aliphatic hydroxyl groups is 1. The Labute approximate surface area is 65.3 Å². The Morgan fingerprint density at radius 3 is 2.82 bits per heavy atom. The summed E-state index contributed by atoms with van der Waals surface area (Å²) in [6.07, 6.45) is 2.42. The largest absolute Gasteiger partial charge is 0.374 e. The van der Waals surface area contributed by atoms with E-state index in [0.29, 0.717) is 24.7 Å². The Hall–Kier alpha value is -0.120. The predicted molar refractivity (Wildman–Crippen MR) is 36.8 cm³/mol. The summed E-state index contributed by atoms with van der Waals surface area (Å²) in [5.74, 6) is 0.775. The molecule has 3 heterocycles. The molecule has 11 heavy (non-hydrogen) atoms. The van der Waals surface area contributed by atoms with Crippen LogP contribution in [-0.2, 0) is 9.47 Å². The molecule has 0 aliphatic carbocycles. The third kappa shape index (κ3) is 0.687. The molecule has 2 bridgehead atoms. The van der Waals surface area contributed by atoms with Crippen molar-refractivity contribution >= 4 is 0 Å².